The van der Waals surface area contributed by atoms with E-state index in [4.69, 9.17) is 5.73 Å². The van der Waals surface area contributed by atoms with Crippen LogP contribution in [0.4, 0.5) is 5.82 Å². The monoisotopic (exact) mass is 375 g/mol. The van der Waals surface area contributed by atoms with Gasteiger partial charge in [-0.05, 0) is 60.2 Å². The molecule has 0 saturated heterocycles. The van der Waals surface area contributed by atoms with Crippen molar-refractivity contribution < 1.29 is 0 Å². The molecule has 2 aromatic heterocycles. The average Bonchev–Trinajstić information content (AvgIpc) is 2.79. The molecule has 0 aromatic carbocycles. The molecule has 5 heteroatoms. The molecule has 22 heavy (non-hydrogen) atoms. The summed E-state index contributed by atoms with van der Waals surface area (Å²) >= 11 is 5.29. The molecule has 0 bridgehead atoms. The van der Waals surface area contributed by atoms with Gasteiger partial charge in [-0.3, -0.25) is 0 Å². The quantitative estimate of drug-likeness (QED) is 0.762. The first-order valence-corrected chi connectivity index (χ1v) is 9.20. The van der Waals surface area contributed by atoms with Crippen LogP contribution in [0.1, 0.15) is 47.4 Å². The molecule has 0 unspecified atom stereocenters. The van der Waals surface area contributed by atoms with E-state index in [-0.39, 0.29) is 0 Å². The molecule has 0 amide bonds. The first-order chi connectivity index (χ1) is 10.6. The van der Waals surface area contributed by atoms with Crippen molar-refractivity contribution in [3.05, 3.63) is 32.2 Å². The number of fused-ring (bicyclic) bond motifs is 1. The Kier molecular flexibility index (Phi) is 4.51. The Balaban J connectivity index is 2.27. The minimum Gasteiger partial charge on any atom is -0.383 e. The van der Waals surface area contributed by atoms with Crippen LogP contribution in [0.5, 0.6) is 0 Å². The van der Waals surface area contributed by atoms with Gasteiger partial charge in [-0.2, -0.15) is 5.26 Å². The Hall–Kier alpha value is -1.38. The van der Waals surface area contributed by atoms with Crippen molar-refractivity contribution in [2.45, 2.75) is 45.4 Å². The van der Waals surface area contributed by atoms with Crippen LogP contribution in [0.15, 0.2) is 10.5 Å². The summed E-state index contributed by atoms with van der Waals surface area (Å²) in [5.74, 6) is 0.374. The molecule has 2 aromatic rings. The molecule has 3 nitrogen and oxygen atoms in total. The number of anilines is 1. The fourth-order valence-corrected chi connectivity index (χ4v) is 4.70. The lowest BCUT2D eigenvalue weighted by molar-refractivity contribution is 0.610. The molecule has 0 aliphatic heterocycles. The number of nitrogens with zero attached hydrogens (tertiary/aromatic N) is 2. The Morgan fingerprint density at radius 1 is 1.27 bits per heavy atom. The number of aromatic nitrogens is 1. The zero-order chi connectivity index (χ0) is 15.7. The zero-order valence-electron chi connectivity index (χ0n) is 12.6. The number of hydrogen-bond acceptors (Lipinski definition) is 4. The molecular weight excluding hydrogens is 358 g/mol. The number of nitrogens with two attached hydrogens (primary N) is 1. The number of aryl methyl sites for hydroxylation is 2. The van der Waals surface area contributed by atoms with Gasteiger partial charge in [0.2, 0.25) is 0 Å². The molecule has 2 heterocycles. The molecular formula is C17H18BrN3S. The number of thiophene rings is 1. The third-order valence-electron chi connectivity index (χ3n) is 4.22. The lowest BCUT2D eigenvalue weighted by atomic mass is 9.90. The highest BCUT2D eigenvalue weighted by Crippen LogP contribution is 2.40. The van der Waals surface area contributed by atoms with Gasteiger partial charge >= 0.3 is 0 Å². The molecule has 1 aliphatic rings. The van der Waals surface area contributed by atoms with E-state index in [0.717, 1.165) is 46.3 Å². The fourth-order valence-electron chi connectivity index (χ4n) is 3.08. The molecule has 0 fully saturated rings. The molecule has 114 valence electrons. The Labute approximate surface area is 143 Å². The van der Waals surface area contributed by atoms with Crippen molar-refractivity contribution in [2.75, 3.05) is 5.73 Å². The lowest BCUT2D eigenvalue weighted by Crippen LogP contribution is -2.09. The Morgan fingerprint density at radius 3 is 2.64 bits per heavy atom. The first kappa shape index (κ1) is 15.5. The highest BCUT2D eigenvalue weighted by atomic mass is 79.9. The van der Waals surface area contributed by atoms with Crippen molar-refractivity contribution >= 4 is 33.1 Å². The van der Waals surface area contributed by atoms with Crippen LogP contribution in [-0.2, 0) is 12.8 Å². The summed E-state index contributed by atoms with van der Waals surface area (Å²) in [6.07, 6.45) is 6.75. The van der Waals surface area contributed by atoms with Crippen molar-refractivity contribution in [3.63, 3.8) is 0 Å². The second kappa shape index (κ2) is 6.39. The third-order valence-corrected chi connectivity index (χ3v) is 6.37. The fraction of sp³-hybridized carbons (Fsp3) is 0.412. The smallest absolute Gasteiger partial charge is 0.142 e. The minimum absolute atomic E-state index is 0.374. The molecule has 1 aliphatic carbocycles. The molecule has 3 rings (SSSR count). The third kappa shape index (κ3) is 2.78. The summed E-state index contributed by atoms with van der Waals surface area (Å²) < 4.78 is 1.09. The van der Waals surface area contributed by atoms with Gasteiger partial charge in [0.1, 0.15) is 17.5 Å². The van der Waals surface area contributed by atoms with Crippen LogP contribution in [0.25, 0.3) is 10.4 Å². The molecule has 0 atom stereocenters. The second-order valence-electron chi connectivity index (χ2n) is 5.71. The summed E-state index contributed by atoms with van der Waals surface area (Å²) in [5.41, 5.74) is 9.97. The van der Waals surface area contributed by atoms with Gasteiger partial charge in [0.05, 0.1) is 0 Å². The largest absolute Gasteiger partial charge is 0.383 e. The maximum absolute atomic E-state index is 9.59. The van der Waals surface area contributed by atoms with Crippen molar-refractivity contribution in [3.8, 4) is 16.5 Å². The minimum atomic E-state index is 0.374. The number of halogens is 1. The van der Waals surface area contributed by atoms with Gasteiger partial charge in [-0.1, -0.05) is 12.8 Å². The lowest BCUT2D eigenvalue weighted by Gasteiger charge is -2.18. The summed E-state index contributed by atoms with van der Waals surface area (Å²) in [5, 5.41) is 9.59. The predicted molar refractivity (Wildman–Crippen MR) is 95.0 cm³/mol. The van der Waals surface area contributed by atoms with Crippen molar-refractivity contribution in [1.82, 2.24) is 4.98 Å². The van der Waals surface area contributed by atoms with Gasteiger partial charge in [-0.25, -0.2) is 4.98 Å². The highest BCUT2D eigenvalue weighted by molar-refractivity contribution is 9.10. The molecule has 0 saturated carbocycles. The van der Waals surface area contributed by atoms with E-state index in [1.165, 1.54) is 23.3 Å². The number of rotatable bonds is 1. The Morgan fingerprint density at radius 2 is 2.00 bits per heavy atom. The number of pyridine rings is 1. The summed E-state index contributed by atoms with van der Waals surface area (Å²) in [7, 11) is 0. The SMILES string of the molecule is Cc1sc(-c2c(C#N)c(N)nc3c2CCCCCC3)cc1Br. The normalized spacial score (nSPS) is 14.8. The van der Waals surface area contributed by atoms with E-state index in [2.05, 4.69) is 40.0 Å². The average molecular weight is 376 g/mol. The highest BCUT2D eigenvalue weighted by Gasteiger charge is 2.22. The van der Waals surface area contributed by atoms with Gasteiger partial charge in [-0.15, -0.1) is 11.3 Å². The Bertz CT molecular complexity index is 739. The zero-order valence-corrected chi connectivity index (χ0v) is 15.0. The number of hydrogen-bond donors (Lipinski definition) is 1. The van der Waals surface area contributed by atoms with Crippen LogP contribution in [0.2, 0.25) is 0 Å². The van der Waals surface area contributed by atoms with Crippen molar-refractivity contribution in [2.24, 2.45) is 0 Å². The van der Waals surface area contributed by atoms with Gasteiger partial charge in [0.15, 0.2) is 0 Å². The van der Waals surface area contributed by atoms with Crippen LogP contribution in [0.3, 0.4) is 0 Å². The standard InChI is InChI=1S/C17H18BrN3S/c1-10-13(18)8-15(22-10)16-11-6-4-2-3-5-7-14(11)21-17(20)12(16)9-19/h8H,2-7H2,1H3,(H2,20,21). The number of nitriles is 1. The van der Waals surface area contributed by atoms with Gasteiger partial charge in [0.25, 0.3) is 0 Å². The van der Waals surface area contributed by atoms with E-state index in [9.17, 15) is 5.26 Å². The van der Waals surface area contributed by atoms with E-state index >= 15 is 0 Å². The molecule has 2 N–H and O–H groups in total. The summed E-state index contributed by atoms with van der Waals surface area (Å²) in [6.45, 7) is 2.08. The summed E-state index contributed by atoms with van der Waals surface area (Å²) in [4.78, 5) is 6.88. The first-order valence-electron chi connectivity index (χ1n) is 7.59. The van der Waals surface area contributed by atoms with Crippen LogP contribution in [-0.4, -0.2) is 4.98 Å². The van der Waals surface area contributed by atoms with E-state index in [1.54, 1.807) is 11.3 Å². The maximum atomic E-state index is 9.59. The van der Waals surface area contributed by atoms with Gasteiger partial charge < -0.3 is 5.73 Å². The van der Waals surface area contributed by atoms with Gasteiger partial charge in [0, 0.05) is 25.5 Å². The number of nitrogen functional groups attached to an aromatic ring is 1. The van der Waals surface area contributed by atoms with E-state index < -0.39 is 0 Å². The maximum Gasteiger partial charge on any atom is 0.142 e. The van der Waals surface area contributed by atoms with E-state index in [1.807, 2.05) is 0 Å². The van der Waals surface area contributed by atoms with Crippen LogP contribution in [0, 0.1) is 18.3 Å². The summed E-state index contributed by atoms with van der Waals surface area (Å²) in [6, 6.07) is 4.39. The van der Waals surface area contributed by atoms with Crippen LogP contribution >= 0.6 is 27.3 Å². The predicted octanol–water partition coefficient (Wildman–Crippen LogP) is 4.99. The topological polar surface area (TPSA) is 62.7 Å². The molecule has 0 spiro atoms. The van der Waals surface area contributed by atoms with E-state index in [0.29, 0.717) is 11.4 Å². The molecule has 0 radical (unpaired) electrons. The van der Waals surface area contributed by atoms with Crippen molar-refractivity contribution in [1.29, 1.82) is 5.26 Å². The van der Waals surface area contributed by atoms with Crippen LogP contribution < -0.4 is 5.73 Å². The second-order valence-corrected chi connectivity index (χ2v) is 7.82.